The van der Waals surface area contributed by atoms with E-state index in [1.54, 1.807) is 42.6 Å². The quantitative estimate of drug-likeness (QED) is 0.488. The number of pyridine rings is 1. The van der Waals surface area contributed by atoms with Crippen molar-refractivity contribution in [1.82, 2.24) is 20.0 Å². The molecule has 0 spiro atoms. The number of aromatic nitrogens is 4. The fourth-order valence-electron chi connectivity index (χ4n) is 2.84. The third-order valence-corrected chi connectivity index (χ3v) is 4.30. The van der Waals surface area contributed by atoms with E-state index in [0.717, 1.165) is 16.9 Å². The molecule has 0 aliphatic carbocycles. The topological polar surface area (TPSA) is 72.7 Å². The highest BCUT2D eigenvalue weighted by molar-refractivity contribution is 6.02. The summed E-state index contributed by atoms with van der Waals surface area (Å²) in [5.74, 6) is 5.26. The Morgan fingerprint density at radius 2 is 1.78 bits per heavy atom. The van der Waals surface area contributed by atoms with Crippen LogP contribution in [0.1, 0.15) is 27.3 Å². The Bertz CT molecular complexity index is 1320. The minimum Gasteiger partial charge on any atom is -0.321 e. The van der Waals surface area contributed by atoms with Crippen molar-refractivity contribution in [2.75, 3.05) is 5.32 Å². The van der Waals surface area contributed by atoms with Gasteiger partial charge in [-0.3, -0.25) is 4.79 Å². The number of carbonyl (C=O) groups is 1. The number of nitrogens with zero attached hydrogens (tertiary/aromatic N) is 4. The smallest absolute Gasteiger partial charge is 0.321 e. The maximum absolute atomic E-state index is 13.2. The van der Waals surface area contributed by atoms with Crippen molar-refractivity contribution >= 4 is 11.6 Å². The summed E-state index contributed by atoms with van der Waals surface area (Å²) < 4.78 is 40.6. The molecule has 0 bridgehead atoms. The van der Waals surface area contributed by atoms with Crippen molar-refractivity contribution in [3.8, 4) is 17.5 Å². The SMILES string of the molecule is O=C(Nc1cccc(C#Cc2ccccn2)c1)c1cn(-c2ccccc2C(F)(F)F)nn1. The molecule has 4 aromatic rings. The van der Waals surface area contributed by atoms with E-state index in [-0.39, 0.29) is 11.4 Å². The first kappa shape index (κ1) is 20.8. The number of carbonyl (C=O) groups excluding carboxylic acids is 1. The van der Waals surface area contributed by atoms with Crippen molar-refractivity contribution in [1.29, 1.82) is 0 Å². The number of nitrogens with one attached hydrogen (secondary N) is 1. The molecule has 1 amide bonds. The maximum atomic E-state index is 13.2. The van der Waals surface area contributed by atoms with Gasteiger partial charge in [-0.2, -0.15) is 13.2 Å². The van der Waals surface area contributed by atoms with Gasteiger partial charge < -0.3 is 5.32 Å². The lowest BCUT2D eigenvalue weighted by Gasteiger charge is -2.11. The molecular formula is C23H14F3N5O. The van der Waals surface area contributed by atoms with Crippen LogP contribution in [0.5, 0.6) is 0 Å². The van der Waals surface area contributed by atoms with Crippen LogP contribution in [0.3, 0.4) is 0 Å². The standard InChI is InChI=1S/C23H14F3N5O/c24-23(25,26)19-9-1-2-10-21(19)31-15-20(29-30-31)22(32)28-18-8-5-6-16(14-18)11-12-17-7-3-4-13-27-17/h1-10,13-15H,(H,28,32). The molecule has 158 valence electrons. The molecule has 32 heavy (non-hydrogen) atoms. The largest absolute Gasteiger partial charge is 0.418 e. The van der Waals surface area contributed by atoms with Gasteiger partial charge in [-0.05, 0) is 48.4 Å². The van der Waals surface area contributed by atoms with Gasteiger partial charge >= 0.3 is 6.18 Å². The Morgan fingerprint density at radius 3 is 2.56 bits per heavy atom. The summed E-state index contributed by atoms with van der Waals surface area (Å²) in [6, 6.07) is 17.1. The number of alkyl halides is 3. The van der Waals surface area contributed by atoms with Gasteiger partial charge in [-0.1, -0.05) is 35.4 Å². The number of hydrogen-bond donors (Lipinski definition) is 1. The molecule has 2 aromatic heterocycles. The highest BCUT2D eigenvalue weighted by Crippen LogP contribution is 2.33. The summed E-state index contributed by atoms with van der Waals surface area (Å²) >= 11 is 0. The Kier molecular flexibility index (Phi) is 5.68. The molecule has 0 aliphatic heterocycles. The Labute approximate surface area is 180 Å². The van der Waals surface area contributed by atoms with Crippen LogP contribution < -0.4 is 5.32 Å². The second-order valence-corrected chi connectivity index (χ2v) is 6.56. The lowest BCUT2D eigenvalue weighted by atomic mass is 10.1. The van der Waals surface area contributed by atoms with Crippen LogP contribution in [0, 0.1) is 11.8 Å². The average molecular weight is 433 g/mol. The number of anilines is 1. The first-order valence-corrected chi connectivity index (χ1v) is 9.33. The second kappa shape index (κ2) is 8.73. The first-order valence-electron chi connectivity index (χ1n) is 9.33. The van der Waals surface area contributed by atoms with Gasteiger partial charge in [0.2, 0.25) is 0 Å². The van der Waals surface area contributed by atoms with Gasteiger partial charge in [0.25, 0.3) is 5.91 Å². The molecule has 0 radical (unpaired) electrons. The lowest BCUT2D eigenvalue weighted by molar-refractivity contribution is -0.137. The van der Waals surface area contributed by atoms with Crippen LogP contribution >= 0.6 is 0 Å². The number of amides is 1. The van der Waals surface area contributed by atoms with Gasteiger partial charge in [0, 0.05) is 17.4 Å². The van der Waals surface area contributed by atoms with Crippen LogP contribution in [0.2, 0.25) is 0 Å². The zero-order valence-electron chi connectivity index (χ0n) is 16.3. The molecule has 0 fully saturated rings. The summed E-state index contributed by atoms with van der Waals surface area (Å²) in [7, 11) is 0. The molecule has 1 N–H and O–H groups in total. The van der Waals surface area contributed by atoms with Gasteiger partial charge in [-0.25, -0.2) is 9.67 Å². The number of halogens is 3. The van der Waals surface area contributed by atoms with Crippen LogP contribution in [-0.2, 0) is 6.18 Å². The third kappa shape index (κ3) is 4.82. The Balaban J connectivity index is 1.52. The molecule has 0 saturated heterocycles. The second-order valence-electron chi connectivity index (χ2n) is 6.56. The summed E-state index contributed by atoms with van der Waals surface area (Å²) in [4.78, 5) is 16.7. The monoisotopic (exact) mass is 433 g/mol. The van der Waals surface area contributed by atoms with E-state index in [0.29, 0.717) is 16.9 Å². The van der Waals surface area contributed by atoms with E-state index in [4.69, 9.17) is 0 Å². The average Bonchev–Trinajstić information content (AvgIpc) is 3.29. The first-order chi connectivity index (χ1) is 15.4. The van der Waals surface area contributed by atoms with E-state index >= 15 is 0 Å². The van der Waals surface area contributed by atoms with E-state index in [9.17, 15) is 18.0 Å². The third-order valence-electron chi connectivity index (χ3n) is 4.30. The molecule has 0 unspecified atom stereocenters. The van der Waals surface area contributed by atoms with Crippen LogP contribution in [-0.4, -0.2) is 25.9 Å². The highest BCUT2D eigenvalue weighted by atomic mass is 19.4. The van der Waals surface area contributed by atoms with Gasteiger partial charge in [0.15, 0.2) is 5.69 Å². The summed E-state index contributed by atoms with van der Waals surface area (Å²) in [5, 5.41) is 10.0. The van der Waals surface area contributed by atoms with Gasteiger partial charge in [0.1, 0.15) is 5.69 Å². The normalized spacial score (nSPS) is 10.8. The zero-order chi connectivity index (χ0) is 22.6. The lowest BCUT2D eigenvalue weighted by Crippen LogP contribution is -2.12. The number of hydrogen-bond acceptors (Lipinski definition) is 4. The minimum atomic E-state index is -4.57. The predicted octanol–water partition coefficient (Wildman–Crippen LogP) is 4.33. The van der Waals surface area contributed by atoms with Crippen LogP contribution in [0.25, 0.3) is 5.69 Å². The number of para-hydroxylation sites is 1. The fourth-order valence-corrected chi connectivity index (χ4v) is 2.84. The molecular weight excluding hydrogens is 419 g/mol. The Morgan fingerprint density at radius 1 is 0.969 bits per heavy atom. The van der Waals surface area contributed by atoms with Gasteiger partial charge in [0.05, 0.1) is 17.4 Å². The van der Waals surface area contributed by atoms with Crippen molar-refractivity contribution in [2.45, 2.75) is 6.18 Å². The van der Waals surface area contributed by atoms with Crippen molar-refractivity contribution < 1.29 is 18.0 Å². The summed E-state index contributed by atoms with van der Waals surface area (Å²) in [6.45, 7) is 0. The summed E-state index contributed by atoms with van der Waals surface area (Å²) in [6.07, 6.45) is -1.78. The van der Waals surface area contributed by atoms with E-state index in [1.165, 1.54) is 18.2 Å². The number of rotatable bonds is 3. The Hall–Kier alpha value is -4.45. The van der Waals surface area contributed by atoms with Crippen LogP contribution in [0.4, 0.5) is 18.9 Å². The molecule has 0 atom stereocenters. The summed E-state index contributed by atoms with van der Waals surface area (Å²) in [5.41, 5.74) is 0.475. The highest BCUT2D eigenvalue weighted by Gasteiger charge is 2.34. The molecule has 2 heterocycles. The van der Waals surface area contributed by atoms with E-state index in [2.05, 4.69) is 32.5 Å². The molecule has 2 aromatic carbocycles. The molecule has 6 nitrogen and oxygen atoms in total. The van der Waals surface area contributed by atoms with E-state index < -0.39 is 17.6 Å². The fraction of sp³-hybridized carbons (Fsp3) is 0.0435. The zero-order valence-corrected chi connectivity index (χ0v) is 16.3. The van der Waals surface area contributed by atoms with Crippen molar-refractivity contribution in [2.24, 2.45) is 0 Å². The molecule has 4 rings (SSSR count). The number of benzene rings is 2. The molecule has 0 aliphatic rings. The molecule has 0 saturated carbocycles. The van der Waals surface area contributed by atoms with Crippen molar-refractivity contribution in [3.05, 3.63) is 102 Å². The van der Waals surface area contributed by atoms with E-state index in [1.807, 2.05) is 6.07 Å². The molecule has 9 heteroatoms. The minimum absolute atomic E-state index is 0.132. The maximum Gasteiger partial charge on any atom is 0.418 e. The predicted molar refractivity (Wildman–Crippen MR) is 111 cm³/mol. The van der Waals surface area contributed by atoms with Crippen LogP contribution in [0.15, 0.2) is 79.1 Å². The van der Waals surface area contributed by atoms with Gasteiger partial charge in [-0.15, -0.1) is 5.10 Å². The van der Waals surface area contributed by atoms with Crippen molar-refractivity contribution in [3.63, 3.8) is 0 Å².